The normalized spacial score (nSPS) is 11.1. The smallest absolute Gasteiger partial charge is 0.323 e. The molecule has 54 heavy (non-hydrogen) atoms. The zero-order valence-electron chi connectivity index (χ0n) is 28.4. The topological polar surface area (TPSA) is 249 Å². The van der Waals surface area contributed by atoms with Crippen molar-refractivity contribution in [3.63, 3.8) is 0 Å². The molecule has 0 saturated heterocycles. The van der Waals surface area contributed by atoms with Crippen molar-refractivity contribution in [3.8, 4) is 11.5 Å². The van der Waals surface area contributed by atoms with E-state index in [1.165, 1.54) is 72.8 Å². The second kappa shape index (κ2) is 16.9. The second-order valence-corrected chi connectivity index (χ2v) is 14.2. The van der Waals surface area contributed by atoms with Crippen LogP contribution in [0.25, 0.3) is 21.5 Å². The summed E-state index contributed by atoms with van der Waals surface area (Å²) in [7, 11) is -9.09. The van der Waals surface area contributed by atoms with Gasteiger partial charge < -0.3 is 31.5 Å². The third-order valence-electron chi connectivity index (χ3n) is 7.69. The van der Waals surface area contributed by atoms with Crippen LogP contribution in [0, 0.1) is 0 Å². The third kappa shape index (κ3) is 9.96. The number of anilines is 4. The number of nitrogens with one attached hydrogen (secondary N) is 4. The first kappa shape index (κ1) is 42.2. The van der Waals surface area contributed by atoms with Crippen LogP contribution in [0.4, 0.5) is 27.5 Å². The second-order valence-electron chi connectivity index (χ2n) is 11.4. The molecule has 6 aromatic rings. The van der Waals surface area contributed by atoms with Gasteiger partial charge in [0.05, 0.1) is 9.79 Å². The molecule has 4 amide bonds. The van der Waals surface area contributed by atoms with Crippen molar-refractivity contribution in [2.45, 2.75) is 9.79 Å². The number of fused-ring (bicyclic) bond motifs is 2. The molecule has 0 saturated carbocycles. The molecule has 0 aromatic heterocycles. The number of aromatic hydroxyl groups is 2. The van der Waals surface area contributed by atoms with Gasteiger partial charge in [-0.3, -0.25) is 18.7 Å². The van der Waals surface area contributed by atoms with Gasteiger partial charge in [0.2, 0.25) is 0 Å². The van der Waals surface area contributed by atoms with Gasteiger partial charge in [0.25, 0.3) is 32.1 Å². The predicted molar refractivity (Wildman–Crippen MR) is 204 cm³/mol. The average Bonchev–Trinajstić information content (AvgIpc) is 3.08. The number of amides is 4. The summed E-state index contributed by atoms with van der Waals surface area (Å²) >= 11 is 0. The fourth-order valence-electron chi connectivity index (χ4n) is 5.25. The van der Waals surface area contributed by atoms with E-state index in [0.29, 0.717) is 10.8 Å². The van der Waals surface area contributed by atoms with Crippen molar-refractivity contribution >= 4 is 141 Å². The zero-order valence-corrected chi connectivity index (χ0v) is 34.0. The fourth-order valence-corrected chi connectivity index (χ4v) is 6.33. The Morgan fingerprint density at radius 3 is 1.20 bits per heavy atom. The van der Waals surface area contributed by atoms with E-state index in [1.807, 2.05) is 0 Å². The first-order valence-electron chi connectivity index (χ1n) is 14.9. The molecule has 6 rings (SSSR count). The van der Waals surface area contributed by atoms with Gasteiger partial charge in [-0.05, 0) is 83.6 Å². The maximum absolute atomic E-state index is 13.0. The summed E-state index contributed by atoms with van der Waals surface area (Å²) in [5.74, 6) is -1.95. The molecule has 6 aromatic carbocycles. The summed E-state index contributed by atoms with van der Waals surface area (Å²) < 4.78 is 64.4. The van der Waals surface area contributed by atoms with Crippen LogP contribution in [0.1, 0.15) is 20.7 Å². The van der Waals surface area contributed by atoms with Gasteiger partial charge in [-0.2, -0.15) is 16.8 Å². The molecular formula is C35H26N4Na2O11S2. The van der Waals surface area contributed by atoms with E-state index in [2.05, 4.69) is 21.3 Å². The van der Waals surface area contributed by atoms with Crippen molar-refractivity contribution in [1.29, 1.82) is 0 Å². The largest absolute Gasteiger partial charge is 0.507 e. The number of hydrogen-bond donors (Lipinski definition) is 8. The minimum Gasteiger partial charge on any atom is -0.507 e. The molecule has 0 bridgehead atoms. The number of carbonyl (C=O) groups is 3. The molecule has 0 heterocycles. The third-order valence-corrected chi connectivity index (χ3v) is 9.35. The Bertz CT molecular complexity index is 2510. The van der Waals surface area contributed by atoms with Gasteiger partial charge in [0.1, 0.15) is 11.5 Å². The summed E-state index contributed by atoms with van der Waals surface area (Å²) in [5, 5.41) is 32.2. The summed E-state index contributed by atoms with van der Waals surface area (Å²) in [6.07, 6.45) is 0. The van der Waals surface area contributed by atoms with Crippen LogP contribution in [-0.4, -0.2) is 113 Å². The van der Waals surface area contributed by atoms with Gasteiger partial charge in [0.15, 0.2) is 0 Å². The minimum atomic E-state index is -4.54. The van der Waals surface area contributed by atoms with E-state index in [1.54, 1.807) is 24.3 Å². The zero-order chi connectivity index (χ0) is 37.4. The first-order valence-corrected chi connectivity index (χ1v) is 17.8. The van der Waals surface area contributed by atoms with E-state index in [0.717, 1.165) is 12.1 Å². The van der Waals surface area contributed by atoms with Crippen LogP contribution in [0.3, 0.4) is 0 Å². The molecule has 15 nitrogen and oxygen atoms in total. The SMILES string of the molecule is O=C(Nc1cccc(C(=O)Nc2ccc3cc(S(=O)(=O)O)cc(O)c3c2)c1)Nc1cccc(C(=O)Nc2ccc3cc(S(=O)(=O)O)cc(O)c3c2)c1.[Na].[Na]. The summed E-state index contributed by atoms with van der Waals surface area (Å²) in [4.78, 5) is 37.9. The fraction of sp³-hybridized carbons (Fsp3) is 0. The van der Waals surface area contributed by atoms with Crippen molar-refractivity contribution in [1.82, 2.24) is 0 Å². The molecule has 2 radical (unpaired) electrons. The van der Waals surface area contributed by atoms with Crippen LogP contribution in [0.15, 0.2) is 119 Å². The van der Waals surface area contributed by atoms with E-state index in [4.69, 9.17) is 0 Å². The van der Waals surface area contributed by atoms with Gasteiger partial charge in [-0.1, -0.05) is 24.3 Å². The Hall–Kier alpha value is -4.53. The number of benzene rings is 6. The molecule has 0 aliphatic rings. The summed E-state index contributed by atoms with van der Waals surface area (Å²) in [6.45, 7) is 0. The molecule has 0 aliphatic carbocycles. The van der Waals surface area contributed by atoms with Crippen LogP contribution in [0.5, 0.6) is 11.5 Å². The molecule has 0 unspecified atom stereocenters. The number of urea groups is 1. The Morgan fingerprint density at radius 2 is 0.833 bits per heavy atom. The molecular weight excluding hydrogens is 763 g/mol. The number of carbonyl (C=O) groups excluding carboxylic acids is 3. The van der Waals surface area contributed by atoms with Crippen LogP contribution in [-0.2, 0) is 20.2 Å². The van der Waals surface area contributed by atoms with Gasteiger partial charge in [0, 0.05) is 116 Å². The van der Waals surface area contributed by atoms with Gasteiger partial charge in [-0.15, -0.1) is 0 Å². The molecule has 8 N–H and O–H groups in total. The molecule has 0 fully saturated rings. The summed E-state index contributed by atoms with van der Waals surface area (Å²) in [6, 6.07) is 24.2. The van der Waals surface area contributed by atoms with E-state index >= 15 is 0 Å². The van der Waals surface area contributed by atoms with Crippen molar-refractivity contribution in [2.24, 2.45) is 0 Å². The Labute approximate surface area is 351 Å². The van der Waals surface area contributed by atoms with Crippen molar-refractivity contribution < 1.29 is 50.5 Å². The molecule has 0 atom stereocenters. The Balaban J connectivity index is 0.00000325. The number of hydrogen-bond acceptors (Lipinski definition) is 9. The number of rotatable bonds is 8. The standard InChI is InChI=1S/C35H26N4O11S2.2Na/c40-31-17-27(51(45,46)47)13-19-7-9-25(15-29(19)31)36-33(42)21-3-1-5-23(11-21)38-35(44)39-24-6-2-4-22(12-24)34(43)37-26-10-8-20-14-28(52(48,49)50)18-32(41)30(20)16-26;;/h1-18,40-41H,(H,36,42)(H,37,43)(H2,38,39,44)(H,45,46,47)(H,48,49,50);;. The van der Waals surface area contributed by atoms with Gasteiger partial charge >= 0.3 is 6.03 Å². The van der Waals surface area contributed by atoms with Crippen LogP contribution < -0.4 is 21.3 Å². The Morgan fingerprint density at radius 1 is 0.463 bits per heavy atom. The molecule has 266 valence electrons. The van der Waals surface area contributed by atoms with Crippen LogP contribution >= 0.6 is 0 Å². The van der Waals surface area contributed by atoms with Crippen molar-refractivity contribution in [2.75, 3.05) is 21.3 Å². The monoisotopic (exact) mass is 788 g/mol. The van der Waals surface area contributed by atoms with E-state index in [9.17, 15) is 50.5 Å². The quantitative estimate of drug-likeness (QED) is 0.0728. The first-order chi connectivity index (χ1) is 24.5. The molecule has 0 spiro atoms. The molecule has 19 heteroatoms. The predicted octanol–water partition coefficient (Wildman–Crippen LogP) is 5.28. The maximum Gasteiger partial charge on any atom is 0.323 e. The number of phenols is 2. The van der Waals surface area contributed by atoms with Crippen LogP contribution in [0.2, 0.25) is 0 Å². The minimum absolute atomic E-state index is 0. The summed E-state index contributed by atoms with van der Waals surface area (Å²) in [5.41, 5.74) is 1.42. The Kier molecular flexibility index (Phi) is 13.2. The molecule has 0 aliphatic heterocycles. The van der Waals surface area contributed by atoms with Crippen molar-refractivity contribution in [3.05, 3.63) is 120 Å². The number of phenolic OH excluding ortho intramolecular Hbond substituents is 2. The maximum atomic E-state index is 13.0. The van der Waals surface area contributed by atoms with Gasteiger partial charge in [-0.25, -0.2) is 4.79 Å². The van der Waals surface area contributed by atoms with E-state index < -0.39 is 59.4 Å². The van der Waals surface area contributed by atoms with E-state index in [-0.39, 0.29) is 104 Å². The average molecular weight is 789 g/mol.